The van der Waals surface area contributed by atoms with E-state index in [9.17, 15) is 18.0 Å². The minimum atomic E-state index is -3.81. The second-order valence-corrected chi connectivity index (χ2v) is 9.44. The van der Waals surface area contributed by atoms with Gasteiger partial charge in [0.25, 0.3) is 0 Å². The van der Waals surface area contributed by atoms with Gasteiger partial charge in [0.2, 0.25) is 21.8 Å². The molecule has 10 heteroatoms. The highest BCUT2D eigenvalue weighted by atomic mass is 79.9. The molecule has 0 saturated carbocycles. The number of hydrogen-bond donors (Lipinski definition) is 2. The summed E-state index contributed by atoms with van der Waals surface area (Å²) in [5.41, 5.74) is 0.384. The van der Waals surface area contributed by atoms with Crippen LogP contribution in [0.2, 0.25) is 0 Å². The van der Waals surface area contributed by atoms with Gasteiger partial charge in [-0.3, -0.25) is 9.59 Å². The largest absolute Gasteiger partial charge is 0.492 e. The zero-order valence-corrected chi connectivity index (χ0v) is 18.5. The van der Waals surface area contributed by atoms with Crippen molar-refractivity contribution in [3.8, 4) is 5.75 Å². The van der Waals surface area contributed by atoms with Crippen molar-refractivity contribution in [1.82, 2.24) is 9.62 Å². The van der Waals surface area contributed by atoms with Gasteiger partial charge in [-0.15, -0.1) is 0 Å². The molecule has 0 aromatic heterocycles. The molecule has 0 atom stereocenters. The molecule has 2 N–H and O–H groups in total. The molecular weight excluding hydrogens is 474 g/mol. The summed E-state index contributed by atoms with van der Waals surface area (Å²) in [6.07, 6.45) is 0.738. The van der Waals surface area contributed by atoms with Crippen LogP contribution >= 0.6 is 15.9 Å². The molecule has 2 aromatic rings. The third-order valence-electron chi connectivity index (χ3n) is 4.40. The topological polar surface area (TPSA) is 105 Å². The Morgan fingerprint density at radius 3 is 2.77 bits per heavy atom. The quantitative estimate of drug-likeness (QED) is 0.547. The van der Waals surface area contributed by atoms with Crippen LogP contribution in [-0.2, 0) is 19.6 Å². The molecule has 0 spiro atoms. The van der Waals surface area contributed by atoms with E-state index in [4.69, 9.17) is 4.74 Å². The predicted molar refractivity (Wildman–Crippen MR) is 116 cm³/mol. The number of ether oxygens (including phenoxy) is 1. The van der Waals surface area contributed by atoms with Gasteiger partial charge in [-0.25, -0.2) is 8.42 Å². The average molecular weight is 496 g/mol. The summed E-state index contributed by atoms with van der Waals surface area (Å²) >= 11 is 3.40. The van der Waals surface area contributed by atoms with Crippen LogP contribution in [0.4, 0.5) is 5.69 Å². The Morgan fingerprint density at radius 2 is 2.00 bits per heavy atom. The summed E-state index contributed by atoms with van der Waals surface area (Å²) in [6.45, 7) is 0.649. The molecule has 2 amide bonds. The summed E-state index contributed by atoms with van der Waals surface area (Å²) in [4.78, 5) is 23.8. The highest BCUT2D eigenvalue weighted by molar-refractivity contribution is 9.10. The van der Waals surface area contributed by atoms with Crippen molar-refractivity contribution >= 4 is 43.5 Å². The van der Waals surface area contributed by atoms with Gasteiger partial charge in [0.15, 0.2) is 0 Å². The van der Waals surface area contributed by atoms with Crippen molar-refractivity contribution in [2.24, 2.45) is 0 Å². The maximum absolute atomic E-state index is 12.8. The van der Waals surface area contributed by atoms with Crippen molar-refractivity contribution in [2.45, 2.75) is 17.7 Å². The first-order chi connectivity index (χ1) is 14.4. The number of piperazine rings is 1. The van der Waals surface area contributed by atoms with Gasteiger partial charge >= 0.3 is 0 Å². The van der Waals surface area contributed by atoms with Gasteiger partial charge in [-0.2, -0.15) is 4.31 Å². The molecule has 1 saturated heterocycles. The highest BCUT2D eigenvalue weighted by Crippen LogP contribution is 2.24. The van der Waals surface area contributed by atoms with Gasteiger partial charge in [0.1, 0.15) is 5.75 Å². The number of nitrogens with one attached hydrogen (secondary N) is 2. The van der Waals surface area contributed by atoms with Gasteiger partial charge in [0, 0.05) is 25.2 Å². The van der Waals surface area contributed by atoms with E-state index in [1.165, 1.54) is 12.1 Å². The van der Waals surface area contributed by atoms with E-state index in [-0.39, 0.29) is 42.8 Å². The lowest BCUT2D eigenvalue weighted by molar-refractivity contribution is -0.122. The number of rotatable bonds is 8. The van der Waals surface area contributed by atoms with Crippen LogP contribution in [0.1, 0.15) is 12.8 Å². The first kappa shape index (κ1) is 22.3. The molecule has 160 valence electrons. The maximum Gasteiger partial charge on any atom is 0.243 e. The molecule has 1 heterocycles. The van der Waals surface area contributed by atoms with Crippen LogP contribution in [0.15, 0.2) is 57.9 Å². The summed E-state index contributed by atoms with van der Waals surface area (Å²) in [5.74, 6) is 0.138. The fourth-order valence-corrected chi connectivity index (χ4v) is 4.75. The highest BCUT2D eigenvalue weighted by Gasteiger charge is 2.29. The first-order valence-corrected chi connectivity index (χ1v) is 11.6. The SMILES string of the molecule is O=C1CN(S(=O)(=O)c2cccc(NC(=O)CCCOc3ccccc3Br)c2)CCN1. The van der Waals surface area contributed by atoms with Crippen molar-refractivity contribution in [3.63, 3.8) is 0 Å². The summed E-state index contributed by atoms with van der Waals surface area (Å²) in [6, 6.07) is 13.5. The molecule has 8 nitrogen and oxygen atoms in total. The van der Waals surface area contributed by atoms with Crippen LogP contribution in [0.25, 0.3) is 0 Å². The van der Waals surface area contributed by atoms with Crippen LogP contribution in [0, 0.1) is 0 Å². The average Bonchev–Trinajstić information content (AvgIpc) is 2.72. The standard InChI is InChI=1S/C20H22BrN3O5S/c21-17-7-1-2-8-18(17)29-12-4-9-19(25)23-15-5-3-6-16(13-15)30(27,28)24-11-10-22-20(26)14-24/h1-3,5-8,13H,4,9-12,14H2,(H,22,26)(H,23,25). The predicted octanol–water partition coefficient (Wildman–Crippen LogP) is 2.37. The van der Waals surface area contributed by atoms with E-state index in [1.54, 1.807) is 12.1 Å². The minimum Gasteiger partial charge on any atom is -0.492 e. The van der Waals surface area contributed by atoms with Gasteiger partial charge in [-0.1, -0.05) is 18.2 Å². The van der Waals surface area contributed by atoms with Crippen LogP contribution < -0.4 is 15.4 Å². The molecule has 0 bridgehead atoms. The van der Waals surface area contributed by atoms with Gasteiger partial charge < -0.3 is 15.4 Å². The van der Waals surface area contributed by atoms with E-state index >= 15 is 0 Å². The number of carbonyl (C=O) groups excluding carboxylic acids is 2. The van der Waals surface area contributed by atoms with Crippen LogP contribution in [0.3, 0.4) is 0 Å². The number of halogens is 1. The molecular formula is C20H22BrN3O5S. The monoisotopic (exact) mass is 495 g/mol. The normalized spacial score (nSPS) is 14.8. The minimum absolute atomic E-state index is 0.0345. The third kappa shape index (κ3) is 5.80. The van der Waals surface area contributed by atoms with Gasteiger partial charge in [-0.05, 0) is 52.7 Å². The molecule has 3 rings (SSSR count). The van der Waals surface area contributed by atoms with Crippen LogP contribution in [-0.4, -0.2) is 50.8 Å². The zero-order chi connectivity index (χ0) is 21.6. The molecule has 0 aliphatic carbocycles. The summed E-state index contributed by atoms with van der Waals surface area (Å²) in [5, 5.41) is 5.31. The van der Waals surface area contributed by atoms with Crippen molar-refractivity contribution in [2.75, 3.05) is 31.6 Å². The number of sulfonamides is 1. The number of nitrogens with zero attached hydrogens (tertiary/aromatic N) is 1. The Kier molecular flexibility index (Phi) is 7.46. The Balaban J connectivity index is 1.53. The Hall–Kier alpha value is -2.43. The molecule has 1 aliphatic rings. The number of amides is 2. The van der Waals surface area contributed by atoms with E-state index < -0.39 is 10.0 Å². The molecule has 0 radical (unpaired) electrons. The molecule has 0 unspecified atom stereocenters. The number of hydrogen-bond acceptors (Lipinski definition) is 5. The van der Waals surface area contributed by atoms with Crippen LogP contribution in [0.5, 0.6) is 5.75 Å². The van der Waals surface area contributed by atoms with E-state index in [2.05, 4.69) is 26.6 Å². The van der Waals surface area contributed by atoms with Crippen molar-refractivity contribution in [1.29, 1.82) is 0 Å². The summed E-state index contributed by atoms with van der Waals surface area (Å²) in [7, 11) is -3.81. The van der Waals surface area contributed by atoms with E-state index in [0.717, 1.165) is 8.78 Å². The smallest absolute Gasteiger partial charge is 0.243 e. The lowest BCUT2D eigenvalue weighted by Crippen LogP contribution is -2.49. The van der Waals surface area contributed by atoms with Gasteiger partial charge in [0.05, 0.1) is 22.5 Å². The van der Waals surface area contributed by atoms with Crippen molar-refractivity contribution < 1.29 is 22.7 Å². The Morgan fingerprint density at radius 1 is 1.20 bits per heavy atom. The summed E-state index contributed by atoms with van der Waals surface area (Å²) < 4.78 is 33.1. The van der Waals surface area contributed by atoms with E-state index in [1.807, 2.05) is 24.3 Å². The fourth-order valence-electron chi connectivity index (χ4n) is 2.90. The second kappa shape index (κ2) is 10.1. The lowest BCUT2D eigenvalue weighted by Gasteiger charge is -2.26. The van der Waals surface area contributed by atoms with E-state index in [0.29, 0.717) is 24.5 Å². The van der Waals surface area contributed by atoms with Crippen molar-refractivity contribution in [3.05, 3.63) is 53.0 Å². The molecule has 30 heavy (non-hydrogen) atoms. The number of carbonyl (C=O) groups is 2. The zero-order valence-electron chi connectivity index (χ0n) is 16.1. The lowest BCUT2D eigenvalue weighted by atomic mass is 10.2. The number of para-hydroxylation sites is 1. The first-order valence-electron chi connectivity index (χ1n) is 9.40. The maximum atomic E-state index is 12.8. The number of benzene rings is 2. The Bertz CT molecular complexity index is 1030. The number of anilines is 1. The molecule has 1 fully saturated rings. The third-order valence-corrected chi connectivity index (χ3v) is 6.90. The molecule has 2 aromatic carbocycles. The fraction of sp³-hybridized carbons (Fsp3) is 0.300. The Labute approximate surface area is 183 Å². The second-order valence-electron chi connectivity index (χ2n) is 6.65. The molecule has 1 aliphatic heterocycles.